The number of hydrogen-bond acceptors (Lipinski definition) is 3. The van der Waals surface area contributed by atoms with Gasteiger partial charge in [0.1, 0.15) is 5.75 Å². The van der Waals surface area contributed by atoms with Gasteiger partial charge < -0.3 is 10.1 Å². The van der Waals surface area contributed by atoms with E-state index < -0.39 is 0 Å². The van der Waals surface area contributed by atoms with Crippen LogP contribution >= 0.6 is 0 Å². The van der Waals surface area contributed by atoms with Crippen molar-refractivity contribution < 1.29 is 4.74 Å². The highest BCUT2D eigenvalue weighted by molar-refractivity contribution is 5.67. The van der Waals surface area contributed by atoms with Crippen LogP contribution in [-0.4, -0.2) is 25.2 Å². The maximum atomic E-state index is 5.36. The maximum Gasteiger partial charge on any atom is 0.140 e. The predicted octanol–water partition coefficient (Wildman–Crippen LogP) is 2.41. The van der Waals surface area contributed by atoms with Gasteiger partial charge >= 0.3 is 0 Å². The van der Waals surface area contributed by atoms with Crippen LogP contribution in [0.15, 0.2) is 18.3 Å². The number of ether oxygens (including phenoxy) is 1. The first-order chi connectivity index (χ1) is 8.78. The third kappa shape index (κ3) is 2.03. The SMILES string of the molecule is COc1cc(C2=C[C@H]3CNC[C@H]3CC2)cnc1C. The van der Waals surface area contributed by atoms with Gasteiger partial charge in [0.05, 0.1) is 12.8 Å². The summed E-state index contributed by atoms with van der Waals surface area (Å²) in [7, 11) is 1.71. The molecule has 2 heterocycles. The molecule has 0 aromatic carbocycles. The third-order valence-electron chi connectivity index (χ3n) is 4.22. The van der Waals surface area contributed by atoms with Crippen LogP contribution in [0.2, 0.25) is 0 Å². The van der Waals surface area contributed by atoms with Gasteiger partial charge in [-0.1, -0.05) is 6.08 Å². The van der Waals surface area contributed by atoms with E-state index in [-0.39, 0.29) is 0 Å². The topological polar surface area (TPSA) is 34.1 Å². The summed E-state index contributed by atoms with van der Waals surface area (Å²) in [5.74, 6) is 2.44. The Balaban J connectivity index is 1.90. The van der Waals surface area contributed by atoms with Crippen LogP contribution in [0.3, 0.4) is 0 Å². The van der Waals surface area contributed by atoms with Crippen LogP contribution in [0.4, 0.5) is 0 Å². The lowest BCUT2D eigenvalue weighted by molar-refractivity contribution is 0.409. The van der Waals surface area contributed by atoms with Gasteiger partial charge in [0, 0.05) is 12.7 Å². The highest BCUT2D eigenvalue weighted by atomic mass is 16.5. The summed E-state index contributed by atoms with van der Waals surface area (Å²) in [6, 6.07) is 2.12. The zero-order chi connectivity index (χ0) is 12.5. The molecule has 0 saturated carbocycles. The maximum absolute atomic E-state index is 5.36. The molecule has 0 unspecified atom stereocenters. The second kappa shape index (κ2) is 4.73. The molecular formula is C15H20N2O. The summed E-state index contributed by atoms with van der Waals surface area (Å²) in [5.41, 5.74) is 3.62. The zero-order valence-corrected chi connectivity index (χ0v) is 11.1. The number of nitrogens with one attached hydrogen (secondary N) is 1. The average molecular weight is 244 g/mol. The van der Waals surface area contributed by atoms with Crippen molar-refractivity contribution >= 4 is 5.57 Å². The second-order valence-corrected chi connectivity index (χ2v) is 5.32. The Kier molecular flexibility index (Phi) is 3.08. The van der Waals surface area contributed by atoms with Gasteiger partial charge in [-0.2, -0.15) is 0 Å². The van der Waals surface area contributed by atoms with Gasteiger partial charge in [-0.05, 0) is 55.3 Å². The van der Waals surface area contributed by atoms with Crippen LogP contribution in [0, 0.1) is 18.8 Å². The molecule has 1 aromatic rings. The number of rotatable bonds is 2. The standard InChI is InChI=1S/C15H20N2O/c1-10-15(18-2)6-14(9-17-10)11-3-4-12-7-16-8-13(12)5-11/h5-6,9,12-13,16H,3-4,7-8H2,1-2H3/t12-,13+/m1/s1. The Morgan fingerprint density at radius 2 is 2.28 bits per heavy atom. The molecule has 1 aliphatic heterocycles. The van der Waals surface area contributed by atoms with Crippen LogP contribution in [0.25, 0.3) is 5.57 Å². The van der Waals surface area contributed by atoms with Crippen LogP contribution in [0.1, 0.15) is 24.1 Å². The van der Waals surface area contributed by atoms with Gasteiger partial charge in [-0.3, -0.25) is 4.98 Å². The van der Waals surface area contributed by atoms with Crippen LogP contribution in [-0.2, 0) is 0 Å². The fourth-order valence-electron chi connectivity index (χ4n) is 3.08. The van der Waals surface area contributed by atoms with E-state index in [1.165, 1.54) is 24.1 Å². The molecule has 3 rings (SSSR count). The number of hydrogen-bond donors (Lipinski definition) is 1. The molecule has 2 aliphatic rings. The van der Waals surface area contributed by atoms with Gasteiger partial charge in [0.25, 0.3) is 0 Å². The molecule has 1 saturated heterocycles. The van der Waals surface area contributed by atoms with Gasteiger partial charge in [-0.15, -0.1) is 0 Å². The van der Waals surface area contributed by atoms with Crippen molar-refractivity contribution in [3.63, 3.8) is 0 Å². The Morgan fingerprint density at radius 3 is 3.11 bits per heavy atom. The molecule has 3 nitrogen and oxygen atoms in total. The first-order valence-corrected chi connectivity index (χ1v) is 6.70. The number of allylic oxidation sites excluding steroid dienone is 1. The van der Waals surface area contributed by atoms with E-state index in [0.29, 0.717) is 5.92 Å². The normalized spacial score (nSPS) is 26.7. The molecule has 0 radical (unpaired) electrons. The van der Waals surface area contributed by atoms with E-state index in [4.69, 9.17) is 4.74 Å². The number of methoxy groups -OCH3 is 1. The van der Waals surface area contributed by atoms with Crippen molar-refractivity contribution in [1.29, 1.82) is 0 Å². The number of nitrogens with zero attached hydrogens (tertiary/aromatic N) is 1. The van der Waals surface area contributed by atoms with E-state index in [2.05, 4.69) is 22.4 Å². The fraction of sp³-hybridized carbons (Fsp3) is 0.533. The molecular weight excluding hydrogens is 224 g/mol. The van der Waals surface area contributed by atoms with Crippen molar-refractivity contribution in [3.8, 4) is 5.75 Å². The number of fused-ring (bicyclic) bond motifs is 1. The number of aryl methyl sites for hydroxylation is 1. The van der Waals surface area contributed by atoms with Gasteiger partial charge in [-0.25, -0.2) is 0 Å². The first kappa shape index (κ1) is 11.7. The zero-order valence-electron chi connectivity index (χ0n) is 11.1. The van der Waals surface area contributed by atoms with Gasteiger partial charge in [0.15, 0.2) is 0 Å². The van der Waals surface area contributed by atoms with Gasteiger partial charge in [0.2, 0.25) is 0 Å². The lowest BCUT2D eigenvalue weighted by atomic mass is 9.81. The Morgan fingerprint density at radius 1 is 1.39 bits per heavy atom. The lowest BCUT2D eigenvalue weighted by Crippen LogP contribution is -2.15. The summed E-state index contributed by atoms with van der Waals surface area (Å²) in [6.45, 7) is 4.29. The van der Waals surface area contributed by atoms with Crippen molar-refractivity contribution in [2.24, 2.45) is 11.8 Å². The Hall–Kier alpha value is -1.35. The summed E-state index contributed by atoms with van der Waals surface area (Å²) < 4.78 is 5.36. The second-order valence-electron chi connectivity index (χ2n) is 5.32. The van der Waals surface area contributed by atoms with E-state index in [0.717, 1.165) is 30.3 Å². The summed E-state index contributed by atoms with van der Waals surface area (Å²) in [6.07, 6.45) is 6.88. The Bertz CT molecular complexity index is 481. The monoisotopic (exact) mass is 244 g/mol. The minimum absolute atomic E-state index is 0.709. The number of aromatic nitrogens is 1. The molecule has 1 aromatic heterocycles. The fourth-order valence-corrected chi connectivity index (χ4v) is 3.08. The molecule has 96 valence electrons. The van der Waals surface area contributed by atoms with E-state index in [1.54, 1.807) is 7.11 Å². The Labute approximate surface area is 108 Å². The highest BCUT2D eigenvalue weighted by Gasteiger charge is 2.29. The average Bonchev–Trinajstić information content (AvgIpc) is 2.86. The van der Waals surface area contributed by atoms with E-state index in [9.17, 15) is 0 Å². The predicted molar refractivity (Wildman–Crippen MR) is 72.6 cm³/mol. The molecule has 0 spiro atoms. The third-order valence-corrected chi connectivity index (χ3v) is 4.22. The molecule has 0 bridgehead atoms. The molecule has 1 fully saturated rings. The van der Waals surface area contributed by atoms with Crippen LogP contribution in [0.5, 0.6) is 5.75 Å². The smallest absolute Gasteiger partial charge is 0.140 e. The lowest BCUT2D eigenvalue weighted by Gasteiger charge is -2.23. The highest BCUT2D eigenvalue weighted by Crippen LogP contribution is 2.36. The summed E-state index contributed by atoms with van der Waals surface area (Å²) in [5, 5.41) is 3.48. The van der Waals surface area contributed by atoms with E-state index in [1.807, 2.05) is 13.1 Å². The molecule has 1 aliphatic carbocycles. The van der Waals surface area contributed by atoms with Crippen molar-refractivity contribution in [3.05, 3.63) is 29.6 Å². The molecule has 1 N–H and O–H groups in total. The number of pyridine rings is 1. The minimum atomic E-state index is 0.709. The largest absolute Gasteiger partial charge is 0.495 e. The first-order valence-electron chi connectivity index (χ1n) is 6.70. The summed E-state index contributed by atoms with van der Waals surface area (Å²) >= 11 is 0. The van der Waals surface area contributed by atoms with E-state index >= 15 is 0 Å². The minimum Gasteiger partial charge on any atom is -0.495 e. The van der Waals surface area contributed by atoms with Crippen molar-refractivity contribution in [1.82, 2.24) is 10.3 Å². The molecule has 0 amide bonds. The quantitative estimate of drug-likeness (QED) is 0.867. The van der Waals surface area contributed by atoms with Crippen molar-refractivity contribution in [2.75, 3.05) is 20.2 Å². The summed E-state index contributed by atoms with van der Waals surface area (Å²) in [4.78, 5) is 4.43. The van der Waals surface area contributed by atoms with Crippen LogP contribution < -0.4 is 10.1 Å². The van der Waals surface area contributed by atoms with Crippen molar-refractivity contribution in [2.45, 2.75) is 19.8 Å². The molecule has 18 heavy (non-hydrogen) atoms. The molecule has 3 heteroatoms. The molecule has 2 atom stereocenters.